The molecule has 1 aliphatic rings. The Morgan fingerprint density at radius 2 is 2.06 bits per heavy atom. The van der Waals surface area contributed by atoms with Crippen LogP contribution in [0.4, 0.5) is 0 Å². The fourth-order valence-electron chi connectivity index (χ4n) is 1.44. The zero-order valence-electron chi connectivity index (χ0n) is 8.29. The molecule has 6 nitrogen and oxygen atoms in total. The van der Waals surface area contributed by atoms with Crippen molar-refractivity contribution in [3.05, 3.63) is 23.8 Å². The maximum absolute atomic E-state index is 10.6. The van der Waals surface area contributed by atoms with E-state index in [-0.39, 0.29) is 6.79 Å². The first kappa shape index (κ1) is 10.7. The van der Waals surface area contributed by atoms with E-state index in [1.807, 2.05) is 0 Å². The van der Waals surface area contributed by atoms with Crippen molar-refractivity contribution in [2.45, 2.75) is 12.1 Å². The fraction of sp³-hybridized carbons (Fsp3) is 0.300. The predicted octanol–water partition coefficient (Wildman–Crippen LogP) is -0.139. The summed E-state index contributed by atoms with van der Waals surface area (Å²) in [6.45, 7) is 0.125. The number of aliphatic carboxylic acids is 1. The lowest BCUT2D eigenvalue weighted by Gasteiger charge is -2.15. The lowest BCUT2D eigenvalue weighted by Crippen LogP contribution is -2.36. The Kier molecular flexibility index (Phi) is 2.67. The molecule has 2 atom stereocenters. The topological polar surface area (TPSA) is 102 Å². The Balaban J connectivity index is 2.24. The van der Waals surface area contributed by atoms with E-state index in [0.717, 1.165) is 0 Å². The van der Waals surface area contributed by atoms with Gasteiger partial charge in [0.05, 0.1) is 0 Å². The first-order chi connectivity index (χ1) is 7.59. The number of benzene rings is 1. The average Bonchev–Trinajstić information content (AvgIpc) is 2.73. The third-order valence-corrected chi connectivity index (χ3v) is 2.36. The third-order valence-electron chi connectivity index (χ3n) is 2.36. The van der Waals surface area contributed by atoms with Gasteiger partial charge in [-0.2, -0.15) is 0 Å². The normalized spacial score (nSPS) is 16.9. The van der Waals surface area contributed by atoms with Crippen LogP contribution in [0.3, 0.4) is 0 Å². The molecule has 0 aromatic heterocycles. The van der Waals surface area contributed by atoms with E-state index in [0.29, 0.717) is 17.1 Å². The number of carboxylic acids is 1. The molecular formula is C10H11NO5. The summed E-state index contributed by atoms with van der Waals surface area (Å²) in [5, 5.41) is 18.4. The zero-order valence-corrected chi connectivity index (χ0v) is 8.29. The monoisotopic (exact) mass is 225 g/mol. The average molecular weight is 225 g/mol. The van der Waals surface area contributed by atoms with Crippen LogP contribution in [0.15, 0.2) is 18.2 Å². The number of carbonyl (C=O) groups is 1. The van der Waals surface area contributed by atoms with Crippen molar-refractivity contribution in [3.63, 3.8) is 0 Å². The van der Waals surface area contributed by atoms with Crippen molar-refractivity contribution in [1.82, 2.24) is 0 Å². The number of fused-ring (bicyclic) bond motifs is 1. The molecule has 1 aromatic rings. The number of carboxylic acid groups (broad SMARTS) is 1. The smallest absolute Gasteiger partial charge is 0.323 e. The van der Waals surface area contributed by atoms with Crippen LogP contribution in [0.2, 0.25) is 0 Å². The molecule has 16 heavy (non-hydrogen) atoms. The molecule has 0 saturated heterocycles. The molecule has 2 rings (SSSR count). The number of nitrogens with two attached hydrogens (primary N) is 1. The quantitative estimate of drug-likeness (QED) is 0.661. The molecule has 1 heterocycles. The maximum Gasteiger partial charge on any atom is 0.323 e. The van der Waals surface area contributed by atoms with Gasteiger partial charge < -0.3 is 25.4 Å². The molecule has 0 fully saturated rings. The highest BCUT2D eigenvalue weighted by atomic mass is 16.7. The van der Waals surface area contributed by atoms with Crippen molar-refractivity contribution in [3.8, 4) is 11.5 Å². The molecule has 0 radical (unpaired) electrons. The van der Waals surface area contributed by atoms with Gasteiger partial charge in [-0.3, -0.25) is 4.79 Å². The molecule has 0 spiro atoms. The third kappa shape index (κ3) is 1.80. The SMILES string of the molecule is N[C@H](C(=O)O)[C@@H](O)c1ccc2c(c1)OCO2. The Hall–Kier alpha value is -1.79. The number of ether oxygens (including phenoxy) is 2. The predicted molar refractivity (Wildman–Crippen MR) is 53.1 cm³/mol. The maximum atomic E-state index is 10.6. The van der Waals surface area contributed by atoms with Gasteiger partial charge in [-0.25, -0.2) is 0 Å². The molecule has 0 aliphatic carbocycles. The fourth-order valence-corrected chi connectivity index (χ4v) is 1.44. The molecule has 86 valence electrons. The second kappa shape index (κ2) is 3.99. The van der Waals surface area contributed by atoms with E-state index in [9.17, 15) is 9.90 Å². The van der Waals surface area contributed by atoms with Crippen molar-refractivity contribution in [2.75, 3.05) is 6.79 Å². The number of hydrogen-bond acceptors (Lipinski definition) is 5. The molecule has 1 aliphatic heterocycles. The Bertz CT molecular complexity index is 420. The van der Waals surface area contributed by atoms with Gasteiger partial charge in [0, 0.05) is 0 Å². The summed E-state index contributed by atoms with van der Waals surface area (Å²) >= 11 is 0. The molecule has 1 aromatic carbocycles. The minimum absolute atomic E-state index is 0.125. The summed E-state index contributed by atoms with van der Waals surface area (Å²) in [6, 6.07) is 3.33. The Morgan fingerprint density at radius 3 is 2.75 bits per heavy atom. The minimum atomic E-state index is -1.36. The summed E-state index contributed by atoms with van der Waals surface area (Å²) < 4.78 is 10.2. The molecule has 0 amide bonds. The first-order valence-electron chi connectivity index (χ1n) is 4.65. The van der Waals surface area contributed by atoms with Crippen molar-refractivity contribution in [1.29, 1.82) is 0 Å². The van der Waals surface area contributed by atoms with E-state index in [2.05, 4.69) is 0 Å². The van der Waals surface area contributed by atoms with E-state index in [1.54, 1.807) is 12.1 Å². The van der Waals surface area contributed by atoms with Gasteiger partial charge in [0.25, 0.3) is 0 Å². The van der Waals surface area contributed by atoms with Gasteiger partial charge in [0.1, 0.15) is 12.1 Å². The van der Waals surface area contributed by atoms with E-state index < -0.39 is 18.1 Å². The summed E-state index contributed by atoms with van der Waals surface area (Å²) in [7, 11) is 0. The van der Waals surface area contributed by atoms with Gasteiger partial charge in [0.15, 0.2) is 11.5 Å². The second-order valence-corrected chi connectivity index (χ2v) is 3.42. The van der Waals surface area contributed by atoms with E-state index in [4.69, 9.17) is 20.3 Å². The van der Waals surface area contributed by atoms with Gasteiger partial charge in [-0.05, 0) is 17.7 Å². The van der Waals surface area contributed by atoms with Crippen molar-refractivity contribution in [2.24, 2.45) is 5.73 Å². The van der Waals surface area contributed by atoms with Crippen LogP contribution in [0.25, 0.3) is 0 Å². The van der Waals surface area contributed by atoms with Gasteiger partial charge in [-0.15, -0.1) is 0 Å². The van der Waals surface area contributed by atoms with Crippen LogP contribution in [0.5, 0.6) is 11.5 Å². The van der Waals surface area contributed by atoms with Crippen LogP contribution >= 0.6 is 0 Å². The molecule has 6 heteroatoms. The Labute approximate surface area is 91.2 Å². The van der Waals surface area contributed by atoms with E-state index in [1.165, 1.54) is 6.07 Å². The lowest BCUT2D eigenvalue weighted by atomic mass is 10.0. The van der Waals surface area contributed by atoms with Gasteiger partial charge in [0.2, 0.25) is 6.79 Å². The van der Waals surface area contributed by atoms with Crippen molar-refractivity contribution < 1.29 is 24.5 Å². The highest BCUT2D eigenvalue weighted by Crippen LogP contribution is 2.34. The van der Waals surface area contributed by atoms with Crippen molar-refractivity contribution >= 4 is 5.97 Å². The number of hydrogen-bond donors (Lipinski definition) is 3. The Morgan fingerprint density at radius 1 is 1.38 bits per heavy atom. The number of rotatable bonds is 3. The van der Waals surface area contributed by atoms with Crippen LogP contribution in [0.1, 0.15) is 11.7 Å². The molecule has 4 N–H and O–H groups in total. The molecule has 0 unspecified atom stereocenters. The van der Waals surface area contributed by atoms with Crippen LogP contribution < -0.4 is 15.2 Å². The lowest BCUT2D eigenvalue weighted by molar-refractivity contribution is -0.141. The van der Waals surface area contributed by atoms with Crippen LogP contribution in [-0.4, -0.2) is 29.0 Å². The summed E-state index contributed by atoms with van der Waals surface area (Å²) in [4.78, 5) is 10.6. The summed E-state index contributed by atoms with van der Waals surface area (Å²) in [5.41, 5.74) is 5.70. The number of aliphatic hydroxyl groups excluding tert-OH is 1. The van der Waals surface area contributed by atoms with Crippen LogP contribution in [0, 0.1) is 0 Å². The molecule has 0 bridgehead atoms. The largest absolute Gasteiger partial charge is 0.480 e. The first-order valence-corrected chi connectivity index (χ1v) is 4.65. The highest BCUT2D eigenvalue weighted by Gasteiger charge is 2.25. The second-order valence-electron chi connectivity index (χ2n) is 3.42. The standard InChI is InChI=1S/C10H11NO5/c11-8(10(13)14)9(12)5-1-2-6-7(3-5)16-4-15-6/h1-3,8-9,12H,4,11H2,(H,13,14)/t8-,9-/m0/s1. The zero-order chi connectivity index (χ0) is 11.7. The molecule has 0 saturated carbocycles. The van der Waals surface area contributed by atoms with E-state index >= 15 is 0 Å². The van der Waals surface area contributed by atoms with Gasteiger partial charge >= 0.3 is 5.97 Å². The molecular weight excluding hydrogens is 214 g/mol. The van der Waals surface area contributed by atoms with Gasteiger partial charge in [-0.1, -0.05) is 6.07 Å². The van der Waals surface area contributed by atoms with Crippen LogP contribution in [-0.2, 0) is 4.79 Å². The highest BCUT2D eigenvalue weighted by molar-refractivity contribution is 5.74. The summed E-state index contributed by atoms with van der Waals surface area (Å²) in [5.74, 6) is -0.209. The summed E-state index contributed by atoms with van der Waals surface area (Å²) in [6.07, 6.45) is -1.27. The minimum Gasteiger partial charge on any atom is -0.480 e. The number of aliphatic hydroxyl groups is 1.